The zero-order valence-corrected chi connectivity index (χ0v) is 10.4. The van der Waals surface area contributed by atoms with Crippen molar-refractivity contribution in [1.82, 2.24) is 5.32 Å². The summed E-state index contributed by atoms with van der Waals surface area (Å²) in [5.74, 6) is 0.782. The summed E-state index contributed by atoms with van der Waals surface area (Å²) >= 11 is 0. The van der Waals surface area contributed by atoms with Crippen LogP contribution in [0.25, 0.3) is 0 Å². The van der Waals surface area contributed by atoms with Crippen molar-refractivity contribution in [2.75, 3.05) is 0 Å². The Bertz CT molecular complexity index is 375. The molecule has 17 heavy (non-hydrogen) atoms. The van der Waals surface area contributed by atoms with Crippen LogP contribution in [0, 0.1) is 12.3 Å². The van der Waals surface area contributed by atoms with Gasteiger partial charge >= 0.3 is 0 Å². The van der Waals surface area contributed by atoms with Gasteiger partial charge in [0.05, 0.1) is 0 Å². The molecule has 2 rings (SSSR count). The molecular weight excluding hydrogens is 210 g/mol. The van der Waals surface area contributed by atoms with E-state index >= 15 is 0 Å². The van der Waals surface area contributed by atoms with Crippen LogP contribution in [0.2, 0.25) is 0 Å². The third-order valence-electron chi connectivity index (χ3n) is 3.64. The smallest absolute Gasteiger partial charge is 0.185 e. The fourth-order valence-electron chi connectivity index (χ4n) is 2.63. The van der Waals surface area contributed by atoms with E-state index in [-0.39, 0.29) is 5.96 Å². The molecule has 1 aromatic rings. The maximum Gasteiger partial charge on any atom is 0.185 e. The van der Waals surface area contributed by atoms with E-state index in [4.69, 9.17) is 11.1 Å². The molecule has 0 bridgehead atoms. The summed E-state index contributed by atoms with van der Waals surface area (Å²) in [6.07, 6.45) is 4.60. The molecule has 0 radical (unpaired) electrons. The first-order valence-electron chi connectivity index (χ1n) is 6.32. The van der Waals surface area contributed by atoms with E-state index in [1.165, 1.54) is 24.0 Å². The predicted octanol–water partition coefficient (Wildman–Crippen LogP) is 2.50. The van der Waals surface area contributed by atoms with Gasteiger partial charge in [-0.1, -0.05) is 29.8 Å². The zero-order valence-electron chi connectivity index (χ0n) is 10.4. The number of nitrogens with two attached hydrogens (primary N) is 1. The lowest BCUT2D eigenvalue weighted by molar-refractivity contribution is 0.372. The molecule has 92 valence electrons. The lowest BCUT2D eigenvalue weighted by Crippen LogP contribution is -2.41. The molecule has 1 aliphatic carbocycles. The van der Waals surface area contributed by atoms with Gasteiger partial charge in [-0.15, -0.1) is 0 Å². The van der Waals surface area contributed by atoms with E-state index in [0.717, 1.165) is 12.8 Å². The highest BCUT2D eigenvalue weighted by molar-refractivity contribution is 5.74. The lowest BCUT2D eigenvalue weighted by Gasteiger charge is -2.29. The van der Waals surface area contributed by atoms with Crippen LogP contribution in [-0.4, -0.2) is 12.0 Å². The second kappa shape index (κ2) is 5.21. The van der Waals surface area contributed by atoms with Gasteiger partial charge in [0.15, 0.2) is 5.96 Å². The van der Waals surface area contributed by atoms with Crippen molar-refractivity contribution in [2.24, 2.45) is 5.73 Å². The maximum absolute atomic E-state index is 7.24. The minimum atomic E-state index is 0.101. The van der Waals surface area contributed by atoms with Crippen LogP contribution in [0.15, 0.2) is 24.3 Å². The van der Waals surface area contributed by atoms with Crippen LogP contribution in [0.5, 0.6) is 0 Å². The van der Waals surface area contributed by atoms with E-state index < -0.39 is 0 Å². The Labute approximate surface area is 103 Å². The number of rotatable bonds is 2. The summed E-state index contributed by atoms with van der Waals surface area (Å²) in [6, 6.07) is 9.27. The minimum absolute atomic E-state index is 0.101. The van der Waals surface area contributed by atoms with Crippen molar-refractivity contribution in [2.45, 2.75) is 44.6 Å². The zero-order chi connectivity index (χ0) is 12.3. The van der Waals surface area contributed by atoms with Crippen molar-refractivity contribution in [3.63, 3.8) is 0 Å². The summed E-state index contributed by atoms with van der Waals surface area (Å²) in [5.41, 5.74) is 8.13. The van der Waals surface area contributed by atoms with Gasteiger partial charge in [0.2, 0.25) is 0 Å². The van der Waals surface area contributed by atoms with Crippen molar-refractivity contribution in [3.05, 3.63) is 35.4 Å². The molecule has 0 aromatic heterocycles. The van der Waals surface area contributed by atoms with Gasteiger partial charge in [-0.3, -0.25) is 5.41 Å². The van der Waals surface area contributed by atoms with Crippen molar-refractivity contribution >= 4 is 5.96 Å². The van der Waals surface area contributed by atoms with Gasteiger partial charge in [-0.25, -0.2) is 0 Å². The summed E-state index contributed by atoms with van der Waals surface area (Å²) in [5, 5.41) is 10.3. The molecule has 0 saturated heterocycles. The quantitative estimate of drug-likeness (QED) is 0.541. The molecule has 0 heterocycles. The largest absolute Gasteiger partial charge is 0.370 e. The van der Waals surface area contributed by atoms with Crippen molar-refractivity contribution in [3.8, 4) is 0 Å². The van der Waals surface area contributed by atoms with Gasteiger partial charge in [-0.05, 0) is 44.1 Å². The molecule has 1 aromatic carbocycles. The summed E-state index contributed by atoms with van der Waals surface area (Å²) in [7, 11) is 0. The Morgan fingerprint density at radius 2 is 1.76 bits per heavy atom. The summed E-state index contributed by atoms with van der Waals surface area (Å²) in [6.45, 7) is 2.12. The molecule has 3 heteroatoms. The van der Waals surface area contributed by atoms with Gasteiger partial charge in [0.1, 0.15) is 0 Å². The number of nitrogens with one attached hydrogen (secondary N) is 2. The Hall–Kier alpha value is -1.51. The third-order valence-corrected chi connectivity index (χ3v) is 3.64. The molecule has 0 atom stereocenters. The first kappa shape index (κ1) is 12.0. The molecular formula is C14H21N3. The fraction of sp³-hybridized carbons (Fsp3) is 0.500. The lowest BCUT2D eigenvalue weighted by atomic mass is 9.81. The Balaban J connectivity index is 1.90. The summed E-state index contributed by atoms with van der Waals surface area (Å²) in [4.78, 5) is 0. The van der Waals surface area contributed by atoms with Crippen LogP contribution in [0.1, 0.15) is 42.7 Å². The van der Waals surface area contributed by atoms with E-state index in [9.17, 15) is 0 Å². The number of benzene rings is 1. The second-order valence-corrected chi connectivity index (χ2v) is 5.02. The maximum atomic E-state index is 7.24. The van der Waals surface area contributed by atoms with E-state index in [1.807, 2.05) is 0 Å². The monoisotopic (exact) mass is 231 g/mol. The SMILES string of the molecule is Cc1ccc([C@H]2CC[C@H](NC(=N)N)CC2)cc1. The topological polar surface area (TPSA) is 61.9 Å². The van der Waals surface area contributed by atoms with Crippen LogP contribution < -0.4 is 11.1 Å². The third kappa shape index (κ3) is 3.22. The van der Waals surface area contributed by atoms with Crippen LogP contribution in [0.3, 0.4) is 0 Å². The molecule has 1 fully saturated rings. The summed E-state index contributed by atoms with van der Waals surface area (Å²) < 4.78 is 0. The van der Waals surface area contributed by atoms with Gasteiger partial charge in [-0.2, -0.15) is 0 Å². The van der Waals surface area contributed by atoms with E-state index in [1.54, 1.807) is 0 Å². The highest BCUT2D eigenvalue weighted by atomic mass is 15.1. The molecule has 4 N–H and O–H groups in total. The van der Waals surface area contributed by atoms with Crippen LogP contribution in [-0.2, 0) is 0 Å². The van der Waals surface area contributed by atoms with Crippen LogP contribution in [0.4, 0.5) is 0 Å². The second-order valence-electron chi connectivity index (χ2n) is 5.02. The predicted molar refractivity (Wildman–Crippen MR) is 71.2 cm³/mol. The first-order chi connectivity index (χ1) is 8.15. The molecule has 3 nitrogen and oxygen atoms in total. The van der Waals surface area contributed by atoms with E-state index in [0.29, 0.717) is 12.0 Å². The highest BCUT2D eigenvalue weighted by Gasteiger charge is 2.22. The molecule has 0 unspecified atom stereocenters. The average molecular weight is 231 g/mol. The number of guanidine groups is 1. The Morgan fingerprint density at radius 1 is 1.18 bits per heavy atom. The van der Waals surface area contributed by atoms with Gasteiger partial charge in [0.25, 0.3) is 0 Å². The minimum Gasteiger partial charge on any atom is -0.370 e. The molecule has 0 aliphatic heterocycles. The Kier molecular flexibility index (Phi) is 3.67. The van der Waals surface area contributed by atoms with Gasteiger partial charge in [0, 0.05) is 6.04 Å². The molecule has 1 aliphatic rings. The van der Waals surface area contributed by atoms with Gasteiger partial charge < -0.3 is 11.1 Å². The highest BCUT2D eigenvalue weighted by Crippen LogP contribution is 2.32. The standard InChI is InChI=1S/C14H21N3/c1-10-2-4-11(5-3-10)12-6-8-13(9-7-12)17-14(15)16/h2-5,12-13H,6-9H2,1H3,(H4,15,16,17)/t12-,13-. The normalized spacial score (nSPS) is 24.3. The molecule has 0 amide bonds. The fourth-order valence-corrected chi connectivity index (χ4v) is 2.63. The van der Waals surface area contributed by atoms with E-state index in [2.05, 4.69) is 36.5 Å². The number of aryl methyl sites for hydroxylation is 1. The van der Waals surface area contributed by atoms with Crippen molar-refractivity contribution in [1.29, 1.82) is 5.41 Å². The number of hydrogen-bond donors (Lipinski definition) is 3. The van der Waals surface area contributed by atoms with Crippen molar-refractivity contribution < 1.29 is 0 Å². The number of hydrogen-bond acceptors (Lipinski definition) is 1. The average Bonchev–Trinajstić information content (AvgIpc) is 2.30. The first-order valence-corrected chi connectivity index (χ1v) is 6.32. The Morgan fingerprint density at radius 3 is 2.29 bits per heavy atom. The van der Waals surface area contributed by atoms with Crippen LogP contribution >= 0.6 is 0 Å². The molecule has 1 saturated carbocycles. The molecule has 0 spiro atoms.